The van der Waals surface area contributed by atoms with Gasteiger partial charge in [-0.3, -0.25) is 0 Å². The van der Waals surface area contributed by atoms with Crippen molar-refractivity contribution in [1.29, 1.82) is 0 Å². The molecule has 0 aromatic carbocycles. The summed E-state index contributed by atoms with van der Waals surface area (Å²) in [7, 11) is 2.12. The maximum absolute atomic E-state index is 5.43. The molecule has 0 aliphatic carbocycles. The molecule has 1 saturated heterocycles. The summed E-state index contributed by atoms with van der Waals surface area (Å²) in [4.78, 5) is 11.6. The fraction of sp³-hybridized carbons (Fsp3) is 0.750. The van der Waals surface area contributed by atoms with Gasteiger partial charge in [0.25, 0.3) is 0 Å². The Bertz CT molecular complexity index is 444. The van der Waals surface area contributed by atoms with Crippen molar-refractivity contribution in [2.45, 2.75) is 39.5 Å². The van der Waals surface area contributed by atoms with Crippen molar-refractivity contribution in [3.63, 3.8) is 0 Å². The number of rotatable bonds is 6. The fourth-order valence-corrected chi connectivity index (χ4v) is 2.59. The van der Waals surface area contributed by atoms with Crippen LogP contribution < -0.4 is 10.2 Å². The molecular formula is C16H28N4O. The standard InChI is InChI=1S/C16H28N4O/c1-5-17-14-10-15(19-16(18-14)12(2)3)20(4)11-13-6-8-21-9-7-13/h10,12-13H,5-9,11H2,1-4H3,(H,17,18,19). The maximum atomic E-state index is 5.43. The predicted molar refractivity (Wildman–Crippen MR) is 87.1 cm³/mol. The van der Waals surface area contributed by atoms with Gasteiger partial charge in [0.1, 0.15) is 17.5 Å². The Morgan fingerprint density at radius 3 is 2.67 bits per heavy atom. The summed E-state index contributed by atoms with van der Waals surface area (Å²) in [6.45, 7) is 10.0. The number of nitrogens with one attached hydrogen (secondary N) is 1. The Morgan fingerprint density at radius 2 is 2.05 bits per heavy atom. The lowest BCUT2D eigenvalue weighted by atomic mass is 10.00. The molecule has 2 heterocycles. The van der Waals surface area contributed by atoms with E-state index in [0.29, 0.717) is 11.8 Å². The van der Waals surface area contributed by atoms with Gasteiger partial charge in [0.2, 0.25) is 0 Å². The molecule has 5 heteroatoms. The minimum Gasteiger partial charge on any atom is -0.381 e. The van der Waals surface area contributed by atoms with E-state index in [1.165, 1.54) is 0 Å². The van der Waals surface area contributed by atoms with Gasteiger partial charge in [-0.1, -0.05) is 13.8 Å². The summed E-state index contributed by atoms with van der Waals surface area (Å²) in [6, 6.07) is 2.05. The minimum absolute atomic E-state index is 0.332. The van der Waals surface area contributed by atoms with Crippen LogP contribution >= 0.6 is 0 Å². The Labute approximate surface area is 128 Å². The van der Waals surface area contributed by atoms with E-state index in [0.717, 1.165) is 56.6 Å². The Morgan fingerprint density at radius 1 is 1.33 bits per heavy atom. The van der Waals surface area contributed by atoms with E-state index in [1.54, 1.807) is 0 Å². The van der Waals surface area contributed by atoms with Crippen LogP contribution in [0.3, 0.4) is 0 Å². The fourth-order valence-electron chi connectivity index (χ4n) is 2.59. The molecule has 1 aromatic heterocycles. The number of ether oxygens (including phenoxy) is 1. The summed E-state index contributed by atoms with van der Waals surface area (Å²) in [5, 5.41) is 3.30. The zero-order chi connectivity index (χ0) is 15.2. The van der Waals surface area contributed by atoms with Crippen molar-refractivity contribution in [3.05, 3.63) is 11.9 Å². The molecule has 0 radical (unpaired) electrons. The Hall–Kier alpha value is -1.36. The van der Waals surface area contributed by atoms with Crippen LogP contribution in [0, 0.1) is 5.92 Å². The molecule has 1 aliphatic heterocycles. The van der Waals surface area contributed by atoms with Crippen molar-refractivity contribution in [2.24, 2.45) is 5.92 Å². The third-order valence-corrected chi connectivity index (χ3v) is 3.87. The van der Waals surface area contributed by atoms with Crippen molar-refractivity contribution >= 4 is 11.6 Å². The molecule has 0 saturated carbocycles. The van der Waals surface area contributed by atoms with Crippen molar-refractivity contribution < 1.29 is 4.74 Å². The molecule has 1 fully saturated rings. The molecule has 0 atom stereocenters. The molecule has 2 rings (SSSR count). The van der Waals surface area contributed by atoms with Crippen LogP contribution in [0.25, 0.3) is 0 Å². The Kier molecular flexibility index (Phi) is 5.79. The molecule has 0 spiro atoms. The molecule has 118 valence electrons. The molecule has 5 nitrogen and oxygen atoms in total. The quantitative estimate of drug-likeness (QED) is 0.873. The second-order valence-corrected chi connectivity index (χ2v) is 6.09. The Balaban J connectivity index is 2.12. The van der Waals surface area contributed by atoms with Crippen LogP contribution in [0.15, 0.2) is 6.07 Å². The third-order valence-electron chi connectivity index (χ3n) is 3.87. The van der Waals surface area contributed by atoms with Crippen molar-refractivity contribution in [3.8, 4) is 0 Å². The van der Waals surface area contributed by atoms with E-state index in [4.69, 9.17) is 9.72 Å². The summed E-state index contributed by atoms with van der Waals surface area (Å²) in [6.07, 6.45) is 2.29. The average molecular weight is 292 g/mol. The molecule has 0 bridgehead atoms. The predicted octanol–water partition coefficient (Wildman–Crippen LogP) is 2.89. The first-order chi connectivity index (χ1) is 10.1. The second-order valence-electron chi connectivity index (χ2n) is 6.09. The van der Waals surface area contributed by atoms with E-state index in [-0.39, 0.29) is 0 Å². The minimum atomic E-state index is 0.332. The monoisotopic (exact) mass is 292 g/mol. The summed E-state index contributed by atoms with van der Waals surface area (Å²) in [5.74, 6) is 3.87. The smallest absolute Gasteiger partial charge is 0.135 e. The number of hydrogen-bond donors (Lipinski definition) is 1. The van der Waals surface area contributed by atoms with Crippen LogP contribution in [-0.2, 0) is 4.74 Å². The highest BCUT2D eigenvalue weighted by atomic mass is 16.5. The van der Waals surface area contributed by atoms with Crippen LogP contribution in [0.1, 0.15) is 45.4 Å². The lowest BCUT2D eigenvalue weighted by Gasteiger charge is -2.28. The summed E-state index contributed by atoms with van der Waals surface area (Å²) < 4.78 is 5.43. The lowest BCUT2D eigenvalue weighted by molar-refractivity contribution is 0.0685. The van der Waals surface area contributed by atoms with E-state index >= 15 is 0 Å². The topological polar surface area (TPSA) is 50.3 Å². The SMILES string of the molecule is CCNc1cc(N(C)CC2CCOCC2)nc(C(C)C)n1. The first kappa shape index (κ1) is 16.0. The van der Waals surface area contributed by atoms with Gasteiger partial charge in [-0.25, -0.2) is 9.97 Å². The van der Waals surface area contributed by atoms with Crippen LogP contribution in [-0.4, -0.2) is 43.3 Å². The van der Waals surface area contributed by atoms with Gasteiger partial charge in [0, 0.05) is 45.3 Å². The molecule has 21 heavy (non-hydrogen) atoms. The zero-order valence-electron chi connectivity index (χ0n) is 13.7. The molecule has 1 aliphatic rings. The number of nitrogens with zero attached hydrogens (tertiary/aromatic N) is 3. The van der Waals surface area contributed by atoms with Crippen LogP contribution in [0.2, 0.25) is 0 Å². The largest absolute Gasteiger partial charge is 0.381 e. The highest BCUT2D eigenvalue weighted by Crippen LogP contribution is 2.22. The summed E-state index contributed by atoms with van der Waals surface area (Å²) >= 11 is 0. The van der Waals surface area contributed by atoms with Crippen molar-refractivity contribution in [2.75, 3.05) is 43.6 Å². The molecule has 1 aromatic rings. The van der Waals surface area contributed by atoms with Gasteiger partial charge in [-0.05, 0) is 25.7 Å². The van der Waals surface area contributed by atoms with E-state index < -0.39 is 0 Å². The lowest BCUT2D eigenvalue weighted by Crippen LogP contribution is -2.30. The molecule has 0 amide bonds. The molecule has 1 N–H and O–H groups in total. The zero-order valence-corrected chi connectivity index (χ0v) is 13.7. The number of aromatic nitrogens is 2. The molecular weight excluding hydrogens is 264 g/mol. The average Bonchev–Trinajstić information content (AvgIpc) is 2.48. The first-order valence-electron chi connectivity index (χ1n) is 8.01. The first-order valence-corrected chi connectivity index (χ1v) is 8.01. The summed E-state index contributed by atoms with van der Waals surface area (Å²) in [5.41, 5.74) is 0. The van der Waals surface area contributed by atoms with E-state index in [9.17, 15) is 0 Å². The van der Waals surface area contributed by atoms with Crippen LogP contribution in [0.5, 0.6) is 0 Å². The van der Waals surface area contributed by atoms with Gasteiger partial charge in [-0.15, -0.1) is 0 Å². The van der Waals surface area contributed by atoms with E-state index in [1.807, 2.05) is 0 Å². The second kappa shape index (κ2) is 7.59. The van der Waals surface area contributed by atoms with Gasteiger partial charge in [0.15, 0.2) is 0 Å². The van der Waals surface area contributed by atoms with Crippen LogP contribution in [0.4, 0.5) is 11.6 Å². The van der Waals surface area contributed by atoms with E-state index in [2.05, 4.69) is 49.1 Å². The van der Waals surface area contributed by atoms with Gasteiger partial charge in [-0.2, -0.15) is 0 Å². The van der Waals surface area contributed by atoms with Gasteiger partial charge < -0.3 is 15.0 Å². The van der Waals surface area contributed by atoms with Crippen molar-refractivity contribution in [1.82, 2.24) is 9.97 Å². The third kappa shape index (κ3) is 4.56. The molecule has 0 unspecified atom stereocenters. The normalized spacial score (nSPS) is 16.2. The maximum Gasteiger partial charge on any atom is 0.135 e. The highest BCUT2D eigenvalue weighted by molar-refractivity contribution is 5.49. The number of anilines is 2. The highest BCUT2D eigenvalue weighted by Gasteiger charge is 2.18. The van der Waals surface area contributed by atoms with Gasteiger partial charge >= 0.3 is 0 Å². The van der Waals surface area contributed by atoms with Gasteiger partial charge in [0.05, 0.1) is 0 Å². The number of hydrogen-bond acceptors (Lipinski definition) is 5.